The van der Waals surface area contributed by atoms with Crippen LogP contribution in [0.2, 0.25) is 0 Å². The molecule has 0 radical (unpaired) electrons. The smallest absolute Gasteiger partial charge is 0.305 e. The molecule has 0 unspecified atom stereocenters. The minimum atomic E-state index is -0.870. The molecular weight excluding hydrogens is 432 g/mol. The maximum absolute atomic E-state index is 12.2. The number of hydrogen-bond donors (Lipinski definition) is 2. The second-order valence-electron chi connectivity index (χ2n) is 7.13. The highest BCUT2D eigenvalue weighted by Crippen LogP contribution is 2.13. The molecule has 1 aliphatic heterocycles. The second kappa shape index (κ2) is 23.8. The number of carbonyl (C=O) groups is 2. The van der Waals surface area contributed by atoms with Gasteiger partial charge in [0.15, 0.2) is 0 Å². The van der Waals surface area contributed by atoms with Crippen LogP contribution in [-0.4, -0.2) is 114 Å². The Morgan fingerprint density at radius 3 is 1.64 bits per heavy atom. The lowest BCUT2D eigenvalue weighted by molar-refractivity contribution is -0.138. The zero-order chi connectivity index (χ0) is 24.6. The van der Waals surface area contributed by atoms with Crippen LogP contribution in [0.25, 0.3) is 0 Å². The van der Waals surface area contributed by atoms with E-state index in [0.29, 0.717) is 78.5 Å². The number of hydrogen-bond acceptors (Lipinski definition) is 8. The summed E-state index contributed by atoms with van der Waals surface area (Å²) in [5.41, 5.74) is 0. The molecule has 33 heavy (non-hydrogen) atoms. The van der Waals surface area contributed by atoms with E-state index in [9.17, 15) is 9.59 Å². The lowest BCUT2D eigenvalue weighted by atomic mass is 10.0. The molecule has 0 aromatic carbocycles. The van der Waals surface area contributed by atoms with Crippen LogP contribution in [0.1, 0.15) is 46.5 Å². The van der Waals surface area contributed by atoms with Crippen molar-refractivity contribution in [2.24, 2.45) is 0 Å². The van der Waals surface area contributed by atoms with Crippen molar-refractivity contribution in [1.82, 2.24) is 10.2 Å². The third kappa shape index (κ3) is 18.8. The molecule has 0 saturated carbocycles. The molecule has 10 nitrogen and oxygen atoms in total. The van der Waals surface area contributed by atoms with E-state index in [1.165, 1.54) is 0 Å². The Morgan fingerprint density at radius 2 is 1.21 bits per heavy atom. The Bertz CT molecular complexity index is 462. The number of nitrogens with zero attached hydrogens (tertiary/aromatic N) is 1. The summed E-state index contributed by atoms with van der Waals surface area (Å²) in [7, 11) is 0. The van der Waals surface area contributed by atoms with Crippen molar-refractivity contribution in [3.63, 3.8) is 0 Å². The second-order valence-corrected chi connectivity index (χ2v) is 7.13. The van der Waals surface area contributed by atoms with Gasteiger partial charge in [-0.2, -0.15) is 0 Å². The summed E-state index contributed by atoms with van der Waals surface area (Å²) in [6.07, 6.45) is 2.53. The van der Waals surface area contributed by atoms with E-state index < -0.39 is 5.97 Å². The van der Waals surface area contributed by atoms with E-state index >= 15 is 0 Å². The first-order valence-corrected chi connectivity index (χ1v) is 12.3. The Morgan fingerprint density at radius 1 is 0.788 bits per heavy atom. The number of amides is 1. The van der Waals surface area contributed by atoms with Crippen molar-refractivity contribution in [2.75, 3.05) is 85.7 Å². The Hall–Kier alpha value is -1.30. The van der Waals surface area contributed by atoms with Crippen LogP contribution in [0.5, 0.6) is 0 Å². The summed E-state index contributed by atoms with van der Waals surface area (Å²) >= 11 is 0. The van der Waals surface area contributed by atoms with Crippen molar-refractivity contribution < 1.29 is 38.4 Å². The van der Waals surface area contributed by atoms with Crippen LogP contribution >= 0.6 is 0 Å². The van der Waals surface area contributed by atoms with Crippen molar-refractivity contribution >= 4 is 11.9 Å². The van der Waals surface area contributed by atoms with Crippen LogP contribution in [0.3, 0.4) is 0 Å². The maximum atomic E-state index is 12.2. The lowest BCUT2D eigenvalue weighted by Crippen LogP contribution is -2.47. The van der Waals surface area contributed by atoms with Gasteiger partial charge in [-0.3, -0.25) is 9.59 Å². The van der Waals surface area contributed by atoms with Crippen LogP contribution in [0.4, 0.5) is 0 Å². The fourth-order valence-electron chi connectivity index (χ4n) is 3.14. The first-order chi connectivity index (χ1) is 16.1. The van der Waals surface area contributed by atoms with E-state index in [4.69, 9.17) is 28.8 Å². The molecule has 0 aromatic heterocycles. The summed E-state index contributed by atoms with van der Waals surface area (Å²) < 4.78 is 26.9. The summed E-state index contributed by atoms with van der Waals surface area (Å²) in [5, 5.41) is 11.8. The third-order valence-corrected chi connectivity index (χ3v) is 4.80. The van der Waals surface area contributed by atoms with Gasteiger partial charge in [0.2, 0.25) is 5.91 Å². The Kier molecular flexibility index (Phi) is 22.9. The van der Waals surface area contributed by atoms with Crippen molar-refractivity contribution in [1.29, 1.82) is 0 Å². The molecule has 0 atom stereocenters. The number of carboxylic acids is 1. The quantitative estimate of drug-likeness (QED) is 0.252. The number of piperidine rings is 1. The number of carbonyl (C=O) groups excluding carboxylic acids is 1. The fourth-order valence-corrected chi connectivity index (χ4v) is 3.14. The minimum absolute atomic E-state index is 0.00348. The van der Waals surface area contributed by atoms with Crippen molar-refractivity contribution in [2.45, 2.75) is 52.5 Å². The molecule has 0 aromatic rings. The zero-order valence-corrected chi connectivity index (χ0v) is 20.9. The van der Waals surface area contributed by atoms with Gasteiger partial charge in [0.1, 0.15) is 0 Å². The third-order valence-electron chi connectivity index (χ3n) is 4.80. The van der Waals surface area contributed by atoms with E-state index in [2.05, 4.69) is 5.32 Å². The van der Waals surface area contributed by atoms with Gasteiger partial charge >= 0.3 is 5.97 Å². The Balaban J connectivity index is 0.00000497. The van der Waals surface area contributed by atoms with Gasteiger partial charge in [-0.25, -0.2) is 0 Å². The van der Waals surface area contributed by atoms with Gasteiger partial charge in [-0.1, -0.05) is 20.8 Å². The molecule has 10 heteroatoms. The fraction of sp³-hybridized carbons (Fsp3) is 0.913. The molecular formula is C23H46N2O8. The summed E-state index contributed by atoms with van der Waals surface area (Å²) in [5.74, 6) is -0.676. The molecule has 0 bridgehead atoms. The van der Waals surface area contributed by atoms with Gasteiger partial charge in [0.25, 0.3) is 0 Å². The predicted octanol–water partition coefficient (Wildman–Crippen LogP) is 1.56. The van der Waals surface area contributed by atoms with Crippen LogP contribution in [0, 0.1) is 0 Å². The van der Waals surface area contributed by atoms with Crippen molar-refractivity contribution in [3.8, 4) is 0 Å². The van der Waals surface area contributed by atoms with Gasteiger partial charge < -0.3 is 39.0 Å². The zero-order valence-electron chi connectivity index (χ0n) is 20.9. The molecule has 196 valence electrons. The van der Waals surface area contributed by atoms with E-state index in [1.807, 2.05) is 25.7 Å². The highest BCUT2D eigenvalue weighted by atomic mass is 16.6. The number of nitrogens with one attached hydrogen (secondary N) is 1. The van der Waals surface area contributed by atoms with E-state index in [1.54, 1.807) is 0 Å². The van der Waals surface area contributed by atoms with Gasteiger partial charge in [-0.15, -0.1) is 0 Å². The van der Waals surface area contributed by atoms with Gasteiger partial charge in [0, 0.05) is 19.0 Å². The number of carboxylic acid groups (broad SMARTS) is 1. The molecule has 1 aliphatic rings. The number of aliphatic carboxylic acids is 1. The molecule has 1 fully saturated rings. The highest BCUT2D eigenvalue weighted by Gasteiger charge is 2.23. The normalized spacial score (nSPS) is 13.9. The largest absolute Gasteiger partial charge is 0.481 e. The van der Waals surface area contributed by atoms with Crippen LogP contribution in [0.15, 0.2) is 0 Å². The van der Waals surface area contributed by atoms with Crippen molar-refractivity contribution in [3.05, 3.63) is 0 Å². The topological polar surface area (TPSA) is 116 Å². The monoisotopic (exact) mass is 478 g/mol. The van der Waals surface area contributed by atoms with Gasteiger partial charge in [0.05, 0.1) is 72.5 Å². The average Bonchev–Trinajstić information content (AvgIpc) is 2.84. The number of rotatable bonds is 20. The molecule has 0 aliphatic carbocycles. The predicted molar refractivity (Wildman–Crippen MR) is 126 cm³/mol. The van der Waals surface area contributed by atoms with E-state index in [0.717, 1.165) is 25.9 Å². The molecule has 1 saturated heterocycles. The average molecular weight is 479 g/mol. The molecule has 1 heterocycles. The molecule has 0 spiro atoms. The van der Waals surface area contributed by atoms with Gasteiger partial charge in [-0.05, 0) is 25.9 Å². The molecule has 1 rings (SSSR count). The lowest BCUT2D eigenvalue weighted by Gasteiger charge is -2.34. The molecule has 2 N–H and O–H groups in total. The summed E-state index contributed by atoms with van der Waals surface area (Å²) in [6.45, 7) is 12.8. The van der Waals surface area contributed by atoms with E-state index in [-0.39, 0.29) is 18.9 Å². The summed E-state index contributed by atoms with van der Waals surface area (Å²) in [6, 6.07) is 0.319. The van der Waals surface area contributed by atoms with Crippen LogP contribution < -0.4 is 5.32 Å². The SMILES string of the molecule is CC.CCC(=O)N(CCOCCOCCOCCOCCOCCC(=O)O)C1CCNCC1. The highest BCUT2D eigenvalue weighted by molar-refractivity contribution is 5.76. The standard InChI is InChI=1S/C21H40N2O8.C2H6/c1-2-20(24)23(19-3-6-22-7-4-19)8-10-28-12-14-30-16-18-31-17-15-29-13-11-27-9-5-21(25)26;1-2/h19,22H,2-18H2,1H3,(H,25,26);1-2H3. The van der Waals surface area contributed by atoms with Crippen LogP contribution in [-0.2, 0) is 33.3 Å². The Labute approximate surface area is 199 Å². The maximum Gasteiger partial charge on any atom is 0.305 e. The first-order valence-electron chi connectivity index (χ1n) is 12.3. The number of ether oxygens (including phenoxy) is 5. The minimum Gasteiger partial charge on any atom is -0.481 e. The first kappa shape index (κ1) is 31.7. The molecule has 1 amide bonds. The summed E-state index contributed by atoms with van der Waals surface area (Å²) in [4.78, 5) is 24.5.